The molecule has 1 aromatic carbocycles. The van der Waals surface area contributed by atoms with Crippen molar-refractivity contribution in [1.82, 2.24) is 0 Å². The number of rotatable bonds is 0. The maximum Gasteiger partial charge on any atom is 0.238 e. The largest absolute Gasteiger partial charge is 0.368 e. The molecule has 2 radical (unpaired) electrons. The first kappa shape index (κ1) is 11.2. The zero-order chi connectivity index (χ0) is 12.1. The Morgan fingerprint density at radius 2 is 1.81 bits per heavy atom. The first-order valence-electron chi connectivity index (χ1n) is 5.49. The van der Waals surface area contributed by atoms with E-state index in [1.165, 1.54) is 4.81 Å². The Labute approximate surface area is 98.1 Å². The zero-order valence-electron chi connectivity index (χ0n) is 10.2. The minimum atomic E-state index is -0.543. The second kappa shape index (κ2) is 3.13. The standard InChI is InChI=1S/C13H16BNO/c1-12(2,3)13(4)9-7-5-6-8-10(9)15(14)11(13)16/h5-8H,1-4H3. The van der Waals surface area contributed by atoms with E-state index in [0.29, 0.717) is 0 Å². The molecule has 0 bridgehead atoms. The van der Waals surface area contributed by atoms with Gasteiger partial charge in [0.25, 0.3) is 0 Å². The molecule has 3 heteroatoms. The minimum absolute atomic E-state index is 0.0267. The molecule has 2 rings (SSSR count). The van der Waals surface area contributed by atoms with E-state index < -0.39 is 5.41 Å². The van der Waals surface area contributed by atoms with Gasteiger partial charge in [-0.2, -0.15) is 0 Å². The van der Waals surface area contributed by atoms with Gasteiger partial charge >= 0.3 is 0 Å². The number of nitrogens with zero attached hydrogens (tertiary/aromatic N) is 1. The molecule has 1 aliphatic heterocycles. The van der Waals surface area contributed by atoms with Crippen molar-refractivity contribution in [2.45, 2.75) is 33.1 Å². The minimum Gasteiger partial charge on any atom is -0.368 e. The smallest absolute Gasteiger partial charge is 0.238 e. The molecule has 1 aliphatic rings. The summed E-state index contributed by atoms with van der Waals surface area (Å²) in [6.07, 6.45) is 0. The van der Waals surface area contributed by atoms with Gasteiger partial charge < -0.3 is 4.81 Å². The highest BCUT2D eigenvalue weighted by atomic mass is 16.2. The first-order chi connectivity index (χ1) is 7.30. The van der Waals surface area contributed by atoms with Crippen molar-refractivity contribution < 1.29 is 4.79 Å². The Kier molecular flexibility index (Phi) is 2.20. The number of fused-ring (bicyclic) bond motifs is 1. The topological polar surface area (TPSA) is 20.3 Å². The third-order valence-corrected chi connectivity index (χ3v) is 3.85. The second-order valence-corrected chi connectivity index (χ2v) is 5.57. The predicted molar refractivity (Wildman–Crippen MR) is 66.5 cm³/mol. The normalized spacial score (nSPS) is 24.8. The van der Waals surface area contributed by atoms with Gasteiger partial charge in [0, 0.05) is 5.69 Å². The molecule has 0 spiro atoms. The van der Waals surface area contributed by atoms with Crippen molar-refractivity contribution in [3.63, 3.8) is 0 Å². The third kappa shape index (κ3) is 1.17. The van der Waals surface area contributed by atoms with Crippen LogP contribution in [0.15, 0.2) is 24.3 Å². The Bertz CT molecular complexity index is 449. The number of carbonyl (C=O) groups excluding carboxylic acids is 1. The number of amides is 1. The molecule has 0 aromatic heterocycles. The number of hydrogen-bond donors (Lipinski definition) is 0. The molecule has 2 nitrogen and oxygen atoms in total. The molecular weight excluding hydrogens is 197 g/mol. The molecule has 1 amide bonds. The lowest BCUT2D eigenvalue weighted by Gasteiger charge is -2.37. The maximum atomic E-state index is 12.3. The van der Waals surface area contributed by atoms with Crippen LogP contribution in [0.4, 0.5) is 5.69 Å². The van der Waals surface area contributed by atoms with Gasteiger partial charge in [-0.3, -0.25) is 4.79 Å². The van der Waals surface area contributed by atoms with Gasteiger partial charge in [-0.05, 0) is 24.0 Å². The van der Waals surface area contributed by atoms with Crippen molar-refractivity contribution in [2.24, 2.45) is 5.41 Å². The van der Waals surface area contributed by atoms with E-state index in [1.807, 2.05) is 31.2 Å². The lowest BCUT2D eigenvalue weighted by molar-refractivity contribution is -0.125. The predicted octanol–water partition coefficient (Wildman–Crippen LogP) is 2.42. The van der Waals surface area contributed by atoms with E-state index >= 15 is 0 Å². The molecule has 16 heavy (non-hydrogen) atoms. The summed E-state index contributed by atoms with van der Waals surface area (Å²) < 4.78 is 0. The first-order valence-corrected chi connectivity index (χ1v) is 5.49. The Morgan fingerprint density at radius 3 is 2.38 bits per heavy atom. The van der Waals surface area contributed by atoms with Crippen LogP contribution in [-0.2, 0) is 10.2 Å². The second-order valence-electron chi connectivity index (χ2n) is 5.57. The lowest BCUT2D eigenvalue weighted by Crippen LogP contribution is -2.46. The van der Waals surface area contributed by atoms with E-state index in [-0.39, 0.29) is 11.3 Å². The van der Waals surface area contributed by atoms with Crippen LogP contribution < -0.4 is 4.81 Å². The molecule has 0 aliphatic carbocycles. The molecule has 1 unspecified atom stereocenters. The average molecular weight is 213 g/mol. The van der Waals surface area contributed by atoms with Crippen LogP contribution in [0.3, 0.4) is 0 Å². The van der Waals surface area contributed by atoms with Gasteiger partial charge in [-0.15, -0.1) is 0 Å². The molecule has 0 N–H and O–H groups in total. The summed E-state index contributed by atoms with van der Waals surface area (Å²) in [5.74, 6) is -0.0267. The van der Waals surface area contributed by atoms with Crippen LogP contribution in [0.1, 0.15) is 33.3 Å². The molecule has 1 atom stereocenters. The quantitative estimate of drug-likeness (QED) is 0.606. The van der Waals surface area contributed by atoms with Crippen LogP contribution in [0.2, 0.25) is 0 Å². The summed E-state index contributed by atoms with van der Waals surface area (Å²) in [5, 5.41) is 0. The molecule has 82 valence electrons. The number of hydrogen-bond acceptors (Lipinski definition) is 1. The van der Waals surface area contributed by atoms with E-state index in [4.69, 9.17) is 7.98 Å². The molecule has 0 saturated heterocycles. The fraction of sp³-hybridized carbons (Fsp3) is 0.462. The molecule has 1 aromatic rings. The highest BCUT2D eigenvalue weighted by Crippen LogP contribution is 2.50. The highest BCUT2D eigenvalue weighted by Gasteiger charge is 2.52. The summed E-state index contributed by atoms with van der Waals surface area (Å²) in [6.45, 7) is 8.18. The number of benzene rings is 1. The molecule has 0 saturated carbocycles. The summed E-state index contributed by atoms with van der Waals surface area (Å²) in [7, 11) is 5.85. The molecule has 1 heterocycles. The van der Waals surface area contributed by atoms with E-state index in [9.17, 15) is 4.79 Å². The van der Waals surface area contributed by atoms with Gasteiger partial charge in [-0.1, -0.05) is 39.0 Å². The zero-order valence-corrected chi connectivity index (χ0v) is 10.2. The van der Waals surface area contributed by atoms with E-state index in [2.05, 4.69) is 20.8 Å². The Hall–Kier alpha value is -1.25. The highest BCUT2D eigenvalue weighted by molar-refractivity contribution is 6.35. The Morgan fingerprint density at radius 1 is 1.25 bits per heavy atom. The van der Waals surface area contributed by atoms with Gasteiger partial charge in [0.1, 0.15) is 0 Å². The van der Waals surface area contributed by atoms with Gasteiger partial charge in [0.15, 0.2) is 0 Å². The van der Waals surface area contributed by atoms with Crippen molar-refractivity contribution >= 4 is 19.6 Å². The van der Waals surface area contributed by atoms with Gasteiger partial charge in [0.05, 0.1) is 5.41 Å². The van der Waals surface area contributed by atoms with Gasteiger partial charge in [-0.25, -0.2) is 0 Å². The molecule has 0 fully saturated rings. The average Bonchev–Trinajstić information content (AvgIpc) is 2.42. The Balaban J connectivity index is 2.71. The number of anilines is 1. The van der Waals surface area contributed by atoms with Crippen LogP contribution in [0.5, 0.6) is 0 Å². The van der Waals surface area contributed by atoms with Crippen LogP contribution in [0, 0.1) is 5.41 Å². The van der Waals surface area contributed by atoms with Crippen LogP contribution in [-0.4, -0.2) is 13.9 Å². The summed E-state index contributed by atoms with van der Waals surface area (Å²) in [5.41, 5.74) is 1.15. The number of carbonyl (C=O) groups is 1. The third-order valence-electron chi connectivity index (χ3n) is 3.85. The van der Waals surface area contributed by atoms with Crippen molar-refractivity contribution in [3.8, 4) is 0 Å². The SMILES string of the molecule is [B]N1C(=O)C(C)(C(C)(C)C)c2ccccc21. The summed E-state index contributed by atoms with van der Waals surface area (Å²) in [6, 6.07) is 7.74. The lowest BCUT2D eigenvalue weighted by atomic mass is 9.64. The molecular formula is C13H16BNO. The fourth-order valence-corrected chi connectivity index (χ4v) is 2.30. The van der Waals surface area contributed by atoms with Crippen LogP contribution in [0.25, 0.3) is 0 Å². The summed E-state index contributed by atoms with van der Waals surface area (Å²) in [4.78, 5) is 13.6. The van der Waals surface area contributed by atoms with E-state index in [0.717, 1.165) is 11.3 Å². The summed E-state index contributed by atoms with van der Waals surface area (Å²) >= 11 is 0. The van der Waals surface area contributed by atoms with Crippen molar-refractivity contribution in [3.05, 3.63) is 29.8 Å². The van der Waals surface area contributed by atoms with Crippen molar-refractivity contribution in [2.75, 3.05) is 4.81 Å². The van der Waals surface area contributed by atoms with Gasteiger partial charge in [0.2, 0.25) is 13.9 Å². The monoisotopic (exact) mass is 213 g/mol. The van der Waals surface area contributed by atoms with Crippen LogP contribution >= 0.6 is 0 Å². The van der Waals surface area contributed by atoms with Crippen molar-refractivity contribution in [1.29, 1.82) is 0 Å². The number of para-hydroxylation sites is 1. The van der Waals surface area contributed by atoms with E-state index in [1.54, 1.807) is 0 Å². The fourth-order valence-electron chi connectivity index (χ4n) is 2.30. The maximum absolute atomic E-state index is 12.3.